The van der Waals surface area contributed by atoms with Gasteiger partial charge in [-0.2, -0.15) is 0 Å². The third-order valence-corrected chi connectivity index (χ3v) is 4.77. The molecule has 0 saturated heterocycles. The molecular weight excluding hydrogens is 258 g/mol. The zero-order valence-electron chi connectivity index (χ0n) is 11.1. The normalized spacial score (nSPS) is 18.5. The topological polar surface area (TPSA) is 49.2 Å². The molecule has 2 aromatic heterocycles. The second kappa shape index (κ2) is 4.90. The van der Waals surface area contributed by atoms with Gasteiger partial charge in [0.15, 0.2) is 0 Å². The Morgan fingerprint density at radius 1 is 1.53 bits per heavy atom. The molecular formula is C14H17N3OS. The van der Waals surface area contributed by atoms with E-state index in [1.807, 2.05) is 18.3 Å². The summed E-state index contributed by atoms with van der Waals surface area (Å²) in [4.78, 5) is 12.7. The molecule has 4 nitrogen and oxygen atoms in total. The maximum Gasteiger partial charge on any atom is 0.226 e. The molecule has 0 fully saturated rings. The summed E-state index contributed by atoms with van der Waals surface area (Å²) < 4.78 is 0. The lowest BCUT2D eigenvalue weighted by molar-refractivity contribution is 0.280. The van der Waals surface area contributed by atoms with Crippen LogP contribution in [0.1, 0.15) is 34.7 Å². The molecule has 1 aliphatic rings. The minimum absolute atomic E-state index is 0.00363. The molecule has 1 unspecified atom stereocenters. The zero-order valence-corrected chi connectivity index (χ0v) is 11.9. The van der Waals surface area contributed by atoms with Crippen LogP contribution in [-0.4, -0.2) is 21.6 Å². The first kappa shape index (κ1) is 12.6. The third-order valence-electron chi connectivity index (χ3n) is 3.77. The summed E-state index contributed by atoms with van der Waals surface area (Å²) in [6.07, 6.45) is 2.79. The largest absolute Gasteiger partial charge is 0.392 e. The highest BCUT2D eigenvalue weighted by Crippen LogP contribution is 2.34. The highest BCUT2D eigenvalue weighted by Gasteiger charge is 2.26. The molecule has 0 amide bonds. The van der Waals surface area contributed by atoms with Crippen LogP contribution in [-0.2, 0) is 13.0 Å². The lowest BCUT2D eigenvalue weighted by atomic mass is 10.0. The van der Waals surface area contributed by atoms with Crippen molar-refractivity contribution in [1.82, 2.24) is 9.97 Å². The van der Waals surface area contributed by atoms with Crippen LogP contribution in [0.3, 0.4) is 0 Å². The predicted octanol–water partition coefficient (Wildman–Crippen LogP) is 2.46. The molecule has 3 rings (SSSR count). The molecule has 100 valence electrons. The molecule has 1 aliphatic heterocycles. The van der Waals surface area contributed by atoms with Crippen LogP contribution in [0.5, 0.6) is 0 Å². The fraction of sp³-hybridized carbons (Fsp3) is 0.429. The number of aromatic nitrogens is 2. The van der Waals surface area contributed by atoms with E-state index in [1.54, 1.807) is 6.20 Å². The highest BCUT2D eigenvalue weighted by atomic mass is 32.1. The molecule has 1 atom stereocenters. The van der Waals surface area contributed by atoms with Gasteiger partial charge in [-0.15, -0.1) is 11.3 Å². The number of thiophene rings is 1. The van der Waals surface area contributed by atoms with Crippen LogP contribution in [0.25, 0.3) is 0 Å². The number of hydrogen-bond donors (Lipinski definition) is 1. The molecule has 0 spiro atoms. The van der Waals surface area contributed by atoms with Gasteiger partial charge in [-0.05, 0) is 37.3 Å². The van der Waals surface area contributed by atoms with Crippen LogP contribution in [0, 0.1) is 6.92 Å². The Morgan fingerprint density at radius 2 is 2.37 bits per heavy atom. The Bertz CT molecular complexity index is 596. The molecule has 19 heavy (non-hydrogen) atoms. The predicted molar refractivity (Wildman–Crippen MR) is 76.5 cm³/mol. The summed E-state index contributed by atoms with van der Waals surface area (Å²) in [5.41, 5.74) is 3.05. The van der Waals surface area contributed by atoms with E-state index in [0.717, 1.165) is 30.2 Å². The fourth-order valence-electron chi connectivity index (χ4n) is 2.56. The number of hydrogen-bond acceptors (Lipinski definition) is 5. The first-order valence-electron chi connectivity index (χ1n) is 6.47. The lowest BCUT2D eigenvalue weighted by Gasteiger charge is -2.33. The fourth-order valence-corrected chi connectivity index (χ4v) is 3.52. The Labute approximate surface area is 116 Å². The van der Waals surface area contributed by atoms with Gasteiger partial charge in [0, 0.05) is 28.9 Å². The van der Waals surface area contributed by atoms with Gasteiger partial charge < -0.3 is 10.0 Å². The van der Waals surface area contributed by atoms with Crippen LogP contribution >= 0.6 is 11.3 Å². The average Bonchev–Trinajstić information content (AvgIpc) is 2.88. The van der Waals surface area contributed by atoms with Crippen LogP contribution in [0.15, 0.2) is 17.6 Å². The molecule has 5 heteroatoms. The summed E-state index contributed by atoms with van der Waals surface area (Å²) in [6.45, 7) is 5.06. The molecule has 2 aromatic rings. The SMILES string of the molecule is Cc1nc(N2CCc3sccc3C2C)ncc1CO. The Balaban J connectivity index is 1.93. The van der Waals surface area contributed by atoms with Crippen molar-refractivity contribution in [3.63, 3.8) is 0 Å². The number of aliphatic hydroxyl groups is 1. The van der Waals surface area contributed by atoms with Crippen molar-refractivity contribution < 1.29 is 5.11 Å². The quantitative estimate of drug-likeness (QED) is 0.914. The molecule has 3 heterocycles. The second-order valence-electron chi connectivity index (χ2n) is 4.86. The van der Waals surface area contributed by atoms with E-state index in [0.29, 0.717) is 6.04 Å². The Morgan fingerprint density at radius 3 is 3.11 bits per heavy atom. The van der Waals surface area contributed by atoms with Crippen LogP contribution in [0.4, 0.5) is 5.95 Å². The van der Waals surface area contributed by atoms with Crippen molar-refractivity contribution in [3.05, 3.63) is 39.3 Å². The molecule has 0 aliphatic carbocycles. The van der Waals surface area contributed by atoms with Gasteiger partial charge in [0.05, 0.1) is 12.6 Å². The van der Waals surface area contributed by atoms with E-state index in [9.17, 15) is 5.11 Å². The highest BCUT2D eigenvalue weighted by molar-refractivity contribution is 7.10. The summed E-state index contributed by atoms with van der Waals surface area (Å²) in [5.74, 6) is 0.763. The third kappa shape index (κ3) is 2.13. The molecule has 0 bridgehead atoms. The van der Waals surface area contributed by atoms with Gasteiger partial charge in [-0.25, -0.2) is 9.97 Å². The Hall–Kier alpha value is -1.46. The number of nitrogens with zero attached hydrogens (tertiary/aromatic N) is 3. The zero-order chi connectivity index (χ0) is 13.4. The minimum atomic E-state index is -0.00363. The standard InChI is InChI=1S/C14H17N3OS/c1-9-11(8-18)7-15-14(16-9)17-5-3-13-12(10(17)2)4-6-19-13/h4,6-7,10,18H,3,5,8H2,1-2H3. The van der Waals surface area contributed by atoms with Crippen molar-refractivity contribution in [2.24, 2.45) is 0 Å². The first-order chi connectivity index (χ1) is 9.20. The smallest absolute Gasteiger partial charge is 0.226 e. The van der Waals surface area contributed by atoms with Crippen molar-refractivity contribution in [3.8, 4) is 0 Å². The van der Waals surface area contributed by atoms with Gasteiger partial charge in [-0.1, -0.05) is 0 Å². The Kier molecular flexibility index (Phi) is 3.24. The van der Waals surface area contributed by atoms with Crippen molar-refractivity contribution in [1.29, 1.82) is 0 Å². The van der Waals surface area contributed by atoms with Crippen LogP contribution in [0.2, 0.25) is 0 Å². The van der Waals surface area contributed by atoms with Gasteiger partial charge in [0.1, 0.15) is 0 Å². The number of rotatable bonds is 2. The summed E-state index contributed by atoms with van der Waals surface area (Å²) in [6, 6.07) is 2.51. The number of anilines is 1. The van der Waals surface area contributed by atoms with Crippen molar-refractivity contribution >= 4 is 17.3 Å². The van der Waals surface area contributed by atoms with Gasteiger partial charge in [0.25, 0.3) is 0 Å². The lowest BCUT2D eigenvalue weighted by Crippen LogP contribution is -2.34. The summed E-state index contributed by atoms with van der Waals surface area (Å²) >= 11 is 1.84. The van der Waals surface area contributed by atoms with E-state index in [2.05, 4.69) is 33.2 Å². The molecule has 0 aromatic carbocycles. The second-order valence-corrected chi connectivity index (χ2v) is 5.86. The summed E-state index contributed by atoms with van der Waals surface area (Å²) in [5, 5.41) is 11.3. The molecule has 0 saturated carbocycles. The van der Waals surface area contributed by atoms with E-state index in [1.165, 1.54) is 10.4 Å². The summed E-state index contributed by atoms with van der Waals surface area (Å²) in [7, 11) is 0. The van der Waals surface area contributed by atoms with E-state index in [-0.39, 0.29) is 6.61 Å². The number of aryl methyl sites for hydroxylation is 1. The van der Waals surface area contributed by atoms with Crippen molar-refractivity contribution in [2.75, 3.05) is 11.4 Å². The van der Waals surface area contributed by atoms with Gasteiger partial charge in [-0.3, -0.25) is 0 Å². The maximum atomic E-state index is 9.18. The number of aliphatic hydroxyl groups excluding tert-OH is 1. The first-order valence-corrected chi connectivity index (χ1v) is 7.35. The monoisotopic (exact) mass is 275 g/mol. The van der Waals surface area contributed by atoms with Gasteiger partial charge in [0.2, 0.25) is 5.95 Å². The maximum absolute atomic E-state index is 9.18. The minimum Gasteiger partial charge on any atom is -0.392 e. The van der Waals surface area contributed by atoms with Crippen LogP contribution < -0.4 is 4.90 Å². The van der Waals surface area contributed by atoms with Crippen molar-refractivity contribution in [2.45, 2.75) is 32.9 Å². The molecule has 0 radical (unpaired) electrons. The number of fused-ring (bicyclic) bond motifs is 1. The van der Waals surface area contributed by atoms with Gasteiger partial charge >= 0.3 is 0 Å². The van der Waals surface area contributed by atoms with E-state index in [4.69, 9.17) is 0 Å². The average molecular weight is 275 g/mol. The van der Waals surface area contributed by atoms with E-state index < -0.39 is 0 Å². The molecule has 1 N–H and O–H groups in total. The van der Waals surface area contributed by atoms with E-state index >= 15 is 0 Å².